The summed E-state index contributed by atoms with van der Waals surface area (Å²) in [5, 5.41) is 5.53. The number of rotatable bonds is 5. The number of nitrogens with one attached hydrogen (secondary N) is 2. The van der Waals surface area contributed by atoms with Gasteiger partial charge in [-0.2, -0.15) is 13.2 Å². The molecule has 0 spiro atoms. The lowest BCUT2D eigenvalue weighted by atomic mass is 9.63. The summed E-state index contributed by atoms with van der Waals surface area (Å²) >= 11 is 0. The van der Waals surface area contributed by atoms with Crippen LogP contribution >= 0.6 is 0 Å². The van der Waals surface area contributed by atoms with Crippen LogP contribution in [0.5, 0.6) is 0 Å². The van der Waals surface area contributed by atoms with Crippen LogP contribution in [0.1, 0.15) is 24.8 Å². The van der Waals surface area contributed by atoms with Crippen LogP contribution in [0.15, 0.2) is 24.3 Å². The molecule has 1 atom stereocenters. The van der Waals surface area contributed by atoms with E-state index in [4.69, 9.17) is 0 Å². The number of benzene rings is 1. The number of nitrogens with zero attached hydrogens (tertiary/aromatic N) is 1. The van der Waals surface area contributed by atoms with Gasteiger partial charge in [0.1, 0.15) is 11.9 Å². The summed E-state index contributed by atoms with van der Waals surface area (Å²) in [6.45, 7) is 1.07. The quantitative estimate of drug-likeness (QED) is 0.778. The molecule has 1 saturated heterocycles. The lowest BCUT2D eigenvalue weighted by Gasteiger charge is -2.42. The topological polar surface area (TPSA) is 44.4 Å². The average molecular weight is 373 g/mol. The first-order chi connectivity index (χ1) is 12.3. The molecule has 1 unspecified atom stereocenters. The average Bonchev–Trinajstić information content (AvgIpc) is 2.54. The smallest absolute Gasteiger partial charge is 0.353 e. The first kappa shape index (κ1) is 19.1. The summed E-state index contributed by atoms with van der Waals surface area (Å²) in [5.74, 6) is -0.894. The molecule has 2 N–H and O–H groups in total. The van der Waals surface area contributed by atoms with Gasteiger partial charge in [0.15, 0.2) is 0 Å². The molecule has 1 amide bonds. The van der Waals surface area contributed by atoms with Gasteiger partial charge in [-0.25, -0.2) is 4.39 Å². The number of amides is 1. The van der Waals surface area contributed by atoms with E-state index in [1.807, 2.05) is 0 Å². The van der Waals surface area contributed by atoms with Gasteiger partial charge in [-0.1, -0.05) is 18.6 Å². The van der Waals surface area contributed by atoms with Crippen molar-refractivity contribution < 1.29 is 22.4 Å². The van der Waals surface area contributed by atoms with Gasteiger partial charge in [0.2, 0.25) is 5.91 Å². The van der Waals surface area contributed by atoms with Crippen LogP contribution in [0.3, 0.4) is 0 Å². The summed E-state index contributed by atoms with van der Waals surface area (Å²) < 4.78 is 53.9. The molecule has 1 aliphatic carbocycles. The minimum Gasteiger partial charge on any atom is -0.353 e. The Balaban J connectivity index is 1.71. The highest BCUT2D eigenvalue weighted by molar-refractivity contribution is 5.89. The second-order valence-electron chi connectivity index (χ2n) is 7.00. The van der Waals surface area contributed by atoms with Crippen molar-refractivity contribution in [3.05, 3.63) is 35.6 Å². The van der Waals surface area contributed by atoms with E-state index >= 15 is 0 Å². The first-order valence-corrected chi connectivity index (χ1v) is 8.89. The fourth-order valence-corrected chi connectivity index (χ4v) is 3.77. The number of alkyl halides is 3. The number of carbonyl (C=O) groups is 1. The SMILES string of the molecule is O=C(NCC(N1CCNCC1)C(F)(F)F)C1(c2cccc(F)c2)CCC1. The van der Waals surface area contributed by atoms with Crippen LogP contribution < -0.4 is 10.6 Å². The second-order valence-corrected chi connectivity index (χ2v) is 7.00. The third-order valence-corrected chi connectivity index (χ3v) is 5.45. The van der Waals surface area contributed by atoms with Crippen molar-refractivity contribution in [3.63, 3.8) is 0 Å². The van der Waals surface area contributed by atoms with Crippen LogP contribution in [0.25, 0.3) is 0 Å². The highest BCUT2D eigenvalue weighted by Gasteiger charge is 2.48. The third-order valence-electron chi connectivity index (χ3n) is 5.45. The van der Waals surface area contributed by atoms with Crippen molar-refractivity contribution in [2.45, 2.75) is 36.9 Å². The maximum Gasteiger partial charge on any atom is 0.405 e. The van der Waals surface area contributed by atoms with Crippen LogP contribution in [0.2, 0.25) is 0 Å². The van der Waals surface area contributed by atoms with E-state index in [2.05, 4.69) is 10.6 Å². The molecule has 1 aromatic rings. The second kappa shape index (κ2) is 7.52. The third kappa shape index (κ3) is 3.86. The zero-order valence-corrected chi connectivity index (χ0v) is 14.4. The van der Waals surface area contributed by atoms with Crippen molar-refractivity contribution in [2.24, 2.45) is 0 Å². The van der Waals surface area contributed by atoms with Crippen molar-refractivity contribution in [2.75, 3.05) is 32.7 Å². The predicted molar refractivity (Wildman–Crippen MR) is 89.2 cm³/mol. The maximum absolute atomic E-state index is 13.5. The van der Waals surface area contributed by atoms with Crippen molar-refractivity contribution >= 4 is 5.91 Å². The Morgan fingerprint density at radius 2 is 1.96 bits per heavy atom. The fourth-order valence-electron chi connectivity index (χ4n) is 3.77. The van der Waals surface area contributed by atoms with E-state index < -0.39 is 35.9 Å². The summed E-state index contributed by atoms with van der Waals surface area (Å²) in [7, 11) is 0. The number of hydrogen-bond acceptors (Lipinski definition) is 3. The predicted octanol–water partition coefficient (Wildman–Crippen LogP) is 2.20. The number of hydrogen-bond donors (Lipinski definition) is 2. The van der Waals surface area contributed by atoms with Gasteiger partial charge in [-0.15, -0.1) is 0 Å². The monoisotopic (exact) mass is 373 g/mol. The molecule has 3 rings (SSSR count). The van der Waals surface area contributed by atoms with Crippen molar-refractivity contribution in [1.29, 1.82) is 0 Å². The van der Waals surface area contributed by atoms with E-state index in [9.17, 15) is 22.4 Å². The van der Waals surface area contributed by atoms with Crippen molar-refractivity contribution in [1.82, 2.24) is 15.5 Å². The first-order valence-electron chi connectivity index (χ1n) is 8.89. The van der Waals surface area contributed by atoms with Crippen LogP contribution in [-0.2, 0) is 10.2 Å². The standard InChI is InChI=1S/C18H23F4N3O/c19-14-4-1-3-13(11-14)17(5-2-6-17)16(26)24-12-15(18(20,21)22)25-9-7-23-8-10-25/h1,3-4,11,15,23H,2,5-10,12H2,(H,24,26). The number of piperazine rings is 1. The molecule has 8 heteroatoms. The van der Waals surface area contributed by atoms with Gasteiger partial charge < -0.3 is 10.6 Å². The Hall–Kier alpha value is -1.67. The molecule has 1 aromatic carbocycles. The fraction of sp³-hybridized carbons (Fsp3) is 0.611. The molecule has 0 aromatic heterocycles. The molecule has 4 nitrogen and oxygen atoms in total. The van der Waals surface area contributed by atoms with E-state index in [0.29, 0.717) is 31.5 Å². The molecule has 1 saturated carbocycles. The molecule has 26 heavy (non-hydrogen) atoms. The van der Waals surface area contributed by atoms with E-state index in [0.717, 1.165) is 6.42 Å². The Kier molecular flexibility index (Phi) is 5.53. The van der Waals surface area contributed by atoms with E-state index in [1.54, 1.807) is 6.07 Å². The Bertz CT molecular complexity index is 640. The molecule has 1 heterocycles. The van der Waals surface area contributed by atoms with Crippen LogP contribution in [-0.4, -0.2) is 55.7 Å². The minimum absolute atomic E-state index is 0.287. The van der Waals surface area contributed by atoms with Gasteiger partial charge in [-0.05, 0) is 30.5 Å². The number of halogens is 4. The van der Waals surface area contributed by atoms with Gasteiger partial charge in [-0.3, -0.25) is 9.69 Å². The lowest BCUT2D eigenvalue weighted by molar-refractivity contribution is -0.184. The molecule has 0 bridgehead atoms. The largest absolute Gasteiger partial charge is 0.405 e. The molecular weight excluding hydrogens is 350 g/mol. The zero-order chi connectivity index (χ0) is 18.8. The summed E-state index contributed by atoms with van der Waals surface area (Å²) in [6, 6.07) is 4.07. The van der Waals surface area contributed by atoms with Crippen molar-refractivity contribution in [3.8, 4) is 0 Å². The molecule has 1 aliphatic heterocycles. The molecular formula is C18H23F4N3O. The van der Waals surface area contributed by atoms with Gasteiger partial charge in [0.25, 0.3) is 0 Å². The van der Waals surface area contributed by atoms with Crippen LogP contribution in [0, 0.1) is 5.82 Å². The molecule has 2 fully saturated rings. The van der Waals surface area contributed by atoms with Gasteiger partial charge >= 0.3 is 6.18 Å². The Labute approximate surface area is 149 Å². The summed E-state index contributed by atoms with van der Waals surface area (Å²) in [5.41, 5.74) is -0.381. The Morgan fingerprint density at radius 1 is 1.27 bits per heavy atom. The minimum atomic E-state index is -4.42. The lowest BCUT2D eigenvalue weighted by Crippen LogP contribution is -2.59. The van der Waals surface area contributed by atoms with Crippen LogP contribution in [0.4, 0.5) is 17.6 Å². The van der Waals surface area contributed by atoms with E-state index in [-0.39, 0.29) is 13.1 Å². The molecule has 144 valence electrons. The summed E-state index contributed by atoms with van der Waals surface area (Å²) in [4.78, 5) is 14.1. The summed E-state index contributed by atoms with van der Waals surface area (Å²) in [6.07, 6.45) is -2.58. The van der Waals surface area contributed by atoms with Gasteiger partial charge in [0.05, 0.1) is 5.41 Å². The highest BCUT2D eigenvalue weighted by atomic mass is 19.4. The maximum atomic E-state index is 13.5. The Morgan fingerprint density at radius 3 is 2.50 bits per heavy atom. The molecule has 0 radical (unpaired) electrons. The normalized spacial score (nSPS) is 21.7. The molecule has 2 aliphatic rings. The highest BCUT2D eigenvalue weighted by Crippen LogP contribution is 2.44. The zero-order valence-electron chi connectivity index (χ0n) is 14.4. The number of carbonyl (C=O) groups excluding carboxylic acids is 1. The van der Waals surface area contributed by atoms with E-state index in [1.165, 1.54) is 23.1 Å². The van der Waals surface area contributed by atoms with Gasteiger partial charge in [0, 0.05) is 32.7 Å².